The first-order valence-electron chi connectivity index (χ1n) is 0.699. The van der Waals surface area contributed by atoms with Crippen molar-refractivity contribution < 1.29 is 7.77 Å². The predicted octanol–water partition coefficient (Wildman–Crippen LogP) is 1.99. The maximum Gasteiger partial charge on any atom is 0.238 e. The molecule has 0 aromatic heterocycles. The highest BCUT2D eigenvalue weighted by Crippen LogP contribution is 2.54. The molecule has 0 saturated heterocycles. The first kappa shape index (κ1) is 6.00. The van der Waals surface area contributed by atoms with E-state index < -0.39 is 7.82 Å². The van der Waals surface area contributed by atoms with Gasteiger partial charge in [0.05, 0.1) is 7.82 Å². The molecule has 0 unspecified atom stereocenters. The summed E-state index contributed by atoms with van der Waals surface area (Å²) in [5, 5.41) is 0. The van der Waals surface area contributed by atoms with Gasteiger partial charge in [0.15, 0.2) is 0 Å². The first-order chi connectivity index (χ1) is 2.00. The van der Waals surface area contributed by atoms with Crippen LogP contribution in [0.2, 0.25) is 0 Å². The van der Waals surface area contributed by atoms with Gasteiger partial charge in [0, 0.05) is 21.2 Å². The largest absolute Gasteiger partial charge is 0.238 e. The summed E-state index contributed by atoms with van der Waals surface area (Å²) in [6.07, 6.45) is 0. The van der Waals surface area contributed by atoms with Gasteiger partial charge < -0.3 is 0 Å². The summed E-state index contributed by atoms with van der Waals surface area (Å²) in [6.45, 7) is 0. The van der Waals surface area contributed by atoms with Crippen molar-refractivity contribution in [3.63, 3.8) is 0 Å². The summed E-state index contributed by atoms with van der Waals surface area (Å²) < 4.78 is 21.7. The lowest BCUT2D eigenvalue weighted by molar-refractivity contribution is 0.802. The van der Waals surface area contributed by atoms with E-state index in [9.17, 15) is 7.77 Å². The van der Waals surface area contributed by atoms with Crippen molar-refractivity contribution in [3.05, 3.63) is 0 Å². The second-order valence-corrected chi connectivity index (χ2v) is 4.85. The summed E-state index contributed by atoms with van der Waals surface area (Å²) >= 11 is 0.905. The molecule has 0 atom stereocenters. The van der Waals surface area contributed by atoms with Gasteiger partial charge in [0.1, 0.15) is 0 Å². The van der Waals surface area contributed by atoms with Crippen molar-refractivity contribution in [2.75, 3.05) is 0 Å². The molecular formula is BF2IS. The van der Waals surface area contributed by atoms with E-state index in [4.69, 9.17) is 0 Å². The lowest BCUT2D eigenvalue weighted by Crippen LogP contribution is -1.58. The van der Waals surface area contributed by atoms with E-state index in [1.54, 1.807) is 0 Å². The number of halogens is 3. The fourth-order valence-electron chi connectivity index (χ4n) is 0. The van der Waals surface area contributed by atoms with Crippen LogP contribution >= 0.6 is 29.0 Å². The van der Waals surface area contributed by atoms with Crippen LogP contribution in [0.15, 0.2) is 0 Å². The summed E-state index contributed by atoms with van der Waals surface area (Å²) in [5.41, 5.74) is 0. The number of hydrogen-bond donors (Lipinski definition) is 0. The molecule has 0 aromatic carbocycles. The molecule has 0 fully saturated rings. The van der Waals surface area contributed by atoms with E-state index in [1.807, 2.05) is 0 Å². The molecule has 0 amide bonds. The molecule has 0 heterocycles. The van der Waals surface area contributed by atoms with Crippen molar-refractivity contribution in [2.24, 2.45) is 0 Å². The maximum absolute atomic E-state index is 10.9. The quantitative estimate of drug-likeness (QED) is 0.421. The monoisotopic (exact) mass is 208 g/mol. The molecule has 2 radical (unpaired) electrons. The zero-order chi connectivity index (χ0) is 4.50. The van der Waals surface area contributed by atoms with Gasteiger partial charge >= 0.3 is 0 Å². The predicted molar refractivity (Wildman–Crippen MR) is 29.6 cm³/mol. The lowest BCUT2D eigenvalue weighted by Gasteiger charge is -1.98. The standard InChI is InChI=1S/BF2IS/c1-5(2,3)4. The Morgan fingerprint density at radius 3 is 1.60 bits per heavy atom. The Morgan fingerprint density at radius 2 is 1.60 bits per heavy atom. The van der Waals surface area contributed by atoms with Gasteiger partial charge in [0.25, 0.3) is 0 Å². The minimum atomic E-state index is -3.70. The minimum absolute atomic E-state index is 0.905. The Kier molecular flexibility index (Phi) is 1.96. The summed E-state index contributed by atoms with van der Waals surface area (Å²) in [7, 11) is 0.394. The van der Waals surface area contributed by atoms with E-state index in [2.05, 4.69) is 7.12 Å². The van der Waals surface area contributed by atoms with Gasteiger partial charge in [-0.15, -0.1) is 0 Å². The lowest BCUT2D eigenvalue weighted by atomic mass is 10.8. The number of hydrogen-bond acceptors (Lipinski definition) is 0. The Balaban J connectivity index is 3.02. The van der Waals surface area contributed by atoms with Gasteiger partial charge in [-0.2, -0.15) is 7.77 Å². The summed E-state index contributed by atoms with van der Waals surface area (Å²) in [4.78, 5) is 0. The molecule has 0 aromatic rings. The molecule has 0 N–H and O–H groups in total. The Hall–Kier alpha value is 1.00. The molecular weight excluding hydrogens is 208 g/mol. The first-order valence-corrected chi connectivity index (χ1v) is 4.74. The fraction of sp³-hybridized carbons (Fsp3) is 0. The molecule has 0 spiro atoms. The SMILES string of the molecule is [B]S(F)(F)I. The molecule has 0 nitrogen and oxygen atoms in total. The Bertz CT molecular complexity index is 25.1. The highest BCUT2D eigenvalue weighted by Gasteiger charge is 2.03. The molecule has 0 rings (SSSR count). The smallest absolute Gasteiger partial charge is 0.161 e. The third kappa shape index (κ3) is 44.7. The van der Waals surface area contributed by atoms with Crippen LogP contribution in [-0.2, 0) is 0 Å². The summed E-state index contributed by atoms with van der Waals surface area (Å²) in [6, 6.07) is 0. The molecule has 30 valence electrons. The average Bonchev–Trinajstić information content (AvgIpc) is 0.722. The van der Waals surface area contributed by atoms with Gasteiger partial charge in [-0.25, -0.2) is 0 Å². The van der Waals surface area contributed by atoms with E-state index in [-0.39, 0.29) is 0 Å². The van der Waals surface area contributed by atoms with Crippen LogP contribution in [0.1, 0.15) is 0 Å². The highest BCUT2D eigenvalue weighted by atomic mass is 127. The molecule has 0 aliphatic rings. The Morgan fingerprint density at radius 1 is 1.60 bits per heavy atom. The van der Waals surface area contributed by atoms with E-state index in [1.165, 1.54) is 0 Å². The fourth-order valence-corrected chi connectivity index (χ4v) is 0. The molecule has 0 aliphatic heterocycles. The molecule has 5 heavy (non-hydrogen) atoms. The van der Waals surface area contributed by atoms with Crippen molar-refractivity contribution in [1.29, 1.82) is 0 Å². The van der Waals surface area contributed by atoms with Crippen molar-refractivity contribution in [1.82, 2.24) is 0 Å². The van der Waals surface area contributed by atoms with Crippen LogP contribution < -0.4 is 0 Å². The highest BCUT2D eigenvalue weighted by molar-refractivity contribution is 14.2. The molecule has 0 saturated carbocycles. The third-order valence-electron chi connectivity index (χ3n) is 0. The van der Waals surface area contributed by atoms with E-state index in [0.717, 1.165) is 21.2 Å². The maximum atomic E-state index is 10.9. The second kappa shape index (κ2) is 1.64. The van der Waals surface area contributed by atoms with Crippen LogP contribution in [0.25, 0.3) is 0 Å². The molecule has 0 aliphatic carbocycles. The molecule has 5 heteroatoms. The minimum Gasteiger partial charge on any atom is -0.161 e. The van der Waals surface area contributed by atoms with Gasteiger partial charge in [-0.05, 0) is 0 Å². The Labute approximate surface area is 44.1 Å². The summed E-state index contributed by atoms with van der Waals surface area (Å²) in [5.74, 6) is 0. The van der Waals surface area contributed by atoms with E-state index in [0.29, 0.717) is 0 Å². The average molecular weight is 208 g/mol. The number of rotatable bonds is 0. The van der Waals surface area contributed by atoms with Crippen LogP contribution in [-0.4, -0.2) is 7.12 Å². The van der Waals surface area contributed by atoms with Crippen molar-refractivity contribution in [3.8, 4) is 0 Å². The van der Waals surface area contributed by atoms with Gasteiger partial charge in [-0.1, -0.05) is 0 Å². The van der Waals surface area contributed by atoms with Gasteiger partial charge in [-0.3, -0.25) is 0 Å². The van der Waals surface area contributed by atoms with Crippen LogP contribution in [0, 0.1) is 0 Å². The topological polar surface area (TPSA) is 0 Å². The van der Waals surface area contributed by atoms with Crippen molar-refractivity contribution >= 4 is 36.2 Å². The van der Waals surface area contributed by atoms with Crippen molar-refractivity contribution in [2.45, 2.75) is 0 Å². The second-order valence-electron chi connectivity index (χ2n) is 0.442. The zero-order valence-corrected chi connectivity index (χ0v) is 5.09. The zero-order valence-electron chi connectivity index (χ0n) is 2.12. The molecule has 0 bridgehead atoms. The normalized spacial score (nSPS) is 15.0. The van der Waals surface area contributed by atoms with Crippen LogP contribution in [0.3, 0.4) is 0 Å². The van der Waals surface area contributed by atoms with Crippen LogP contribution in [0.5, 0.6) is 0 Å². The van der Waals surface area contributed by atoms with E-state index >= 15 is 0 Å². The van der Waals surface area contributed by atoms with Gasteiger partial charge in [0.2, 0.25) is 7.12 Å². The van der Waals surface area contributed by atoms with Crippen LogP contribution in [0.4, 0.5) is 7.77 Å². The third-order valence-corrected chi connectivity index (χ3v) is 0.